The van der Waals surface area contributed by atoms with E-state index < -0.39 is 32.5 Å². The van der Waals surface area contributed by atoms with Gasteiger partial charge in [-0.1, -0.05) is 160 Å². The highest BCUT2D eigenvalue weighted by Crippen LogP contribution is 2.38. The smallest absolute Gasteiger partial charge is 0.306 e. The number of likely N-dealkylation sites (N-methyl/N-ethyl adjacent to an activating group) is 1. The van der Waals surface area contributed by atoms with Gasteiger partial charge in [0.25, 0.3) is 7.82 Å². The van der Waals surface area contributed by atoms with Crippen LogP contribution in [-0.2, 0) is 32.7 Å². The van der Waals surface area contributed by atoms with Crippen molar-refractivity contribution in [3.8, 4) is 0 Å². The molecule has 0 rings (SSSR count). The lowest BCUT2D eigenvalue weighted by Gasteiger charge is -2.28. The highest BCUT2D eigenvalue weighted by atomic mass is 31.2. The number of carbonyl (C=O) groups excluding carboxylic acids is 2. The van der Waals surface area contributed by atoms with Gasteiger partial charge in [0, 0.05) is 12.8 Å². The number of ether oxygens (including phenoxy) is 2. The molecule has 0 saturated heterocycles. The van der Waals surface area contributed by atoms with E-state index in [0.717, 1.165) is 38.5 Å². The molecule has 0 aromatic carbocycles. The van der Waals surface area contributed by atoms with Gasteiger partial charge >= 0.3 is 11.9 Å². The van der Waals surface area contributed by atoms with Crippen LogP contribution in [0.15, 0.2) is 24.3 Å². The van der Waals surface area contributed by atoms with E-state index >= 15 is 0 Å². The molecule has 0 spiro atoms. The second kappa shape index (κ2) is 36.1. The fourth-order valence-corrected chi connectivity index (χ4v) is 6.54. The molecule has 2 atom stereocenters. The molecule has 0 fully saturated rings. The molecule has 0 aromatic rings. The number of quaternary nitrogens is 1. The van der Waals surface area contributed by atoms with E-state index in [9.17, 15) is 19.0 Å². The summed E-state index contributed by atoms with van der Waals surface area (Å²) in [6.45, 7) is 4.18. The quantitative estimate of drug-likeness (QED) is 0.0200. The van der Waals surface area contributed by atoms with E-state index in [1.54, 1.807) is 0 Å². The zero-order valence-corrected chi connectivity index (χ0v) is 35.9. The summed E-state index contributed by atoms with van der Waals surface area (Å²) in [5.41, 5.74) is 0. The van der Waals surface area contributed by atoms with Gasteiger partial charge < -0.3 is 27.9 Å². The SMILES string of the molecule is CCCCCCCCCCC/C=C/C/C=C/CCCC(=O)OC[C@@H](COP(=O)([O-])OCC[N+](C)(C)C)OC(=O)CCCCCCCCCCCCCC. The Kier molecular flexibility index (Phi) is 35.1. The molecule has 0 saturated carbocycles. The highest BCUT2D eigenvalue weighted by molar-refractivity contribution is 7.45. The maximum atomic E-state index is 12.6. The number of phosphoric acid groups is 1. The zero-order chi connectivity index (χ0) is 39.3. The first-order valence-corrected chi connectivity index (χ1v) is 23.0. The molecule has 0 aliphatic rings. The average molecular weight is 772 g/mol. The number of hydrogen-bond donors (Lipinski definition) is 0. The number of hydrogen-bond acceptors (Lipinski definition) is 8. The number of unbranched alkanes of at least 4 members (excludes halogenated alkanes) is 21. The molecule has 0 amide bonds. The van der Waals surface area contributed by atoms with Gasteiger partial charge in [0.1, 0.15) is 19.8 Å². The number of phosphoric ester groups is 1. The first-order valence-electron chi connectivity index (χ1n) is 21.5. The van der Waals surface area contributed by atoms with Gasteiger partial charge in [0.05, 0.1) is 27.7 Å². The third-order valence-corrected chi connectivity index (χ3v) is 10.2. The van der Waals surface area contributed by atoms with Crippen molar-refractivity contribution >= 4 is 19.8 Å². The summed E-state index contributed by atoms with van der Waals surface area (Å²) in [5.74, 6) is -0.883. The fourth-order valence-electron chi connectivity index (χ4n) is 5.81. The summed E-state index contributed by atoms with van der Waals surface area (Å²) < 4.78 is 33.8. The molecular weight excluding hydrogens is 689 g/mol. The lowest BCUT2D eigenvalue weighted by Crippen LogP contribution is -2.37. The molecule has 0 aromatic heterocycles. The predicted molar refractivity (Wildman–Crippen MR) is 218 cm³/mol. The molecule has 0 radical (unpaired) electrons. The van der Waals surface area contributed by atoms with Crippen molar-refractivity contribution in [1.82, 2.24) is 0 Å². The molecular formula is C43H82NO8P. The van der Waals surface area contributed by atoms with Crippen molar-refractivity contribution in [2.24, 2.45) is 0 Å². The van der Waals surface area contributed by atoms with Crippen molar-refractivity contribution < 1.29 is 42.1 Å². The van der Waals surface area contributed by atoms with Gasteiger partial charge in [0.15, 0.2) is 6.10 Å². The number of allylic oxidation sites excluding steroid dienone is 4. The Bertz CT molecular complexity index is 964. The minimum Gasteiger partial charge on any atom is -0.756 e. The van der Waals surface area contributed by atoms with Crippen LogP contribution >= 0.6 is 7.82 Å². The van der Waals surface area contributed by atoms with Gasteiger partial charge in [-0.15, -0.1) is 0 Å². The average Bonchev–Trinajstić information content (AvgIpc) is 3.10. The van der Waals surface area contributed by atoms with Crippen LogP contribution < -0.4 is 4.89 Å². The van der Waals surface area contributed by atoms with Crippen molar-refractivity contribution in [2.45, 2.75) is 193 Å². The van der Waals surface area contributed by atoms with Gasteiger partial charge in [-0.2, -0.15) is 0 Å². The monoisotopic (exact) mass is 772 g/mol. The summed E-state index contributed by atoms with van der Waals surface area (Å²) in [7, 11) is 1.15. The van der Waals surface area contributed by atoms with E-state index in [0.29, 0.717) is 23.9 Å². The molecule has 0 N–H and O–H groups in total. The van der Waals surface area contributed by atoms with E-state index in [1.165, 1.54) is 109 Å². The molecule has 0 aliphatic heterocycles. The van der Waals surface area contributed by atoms with Crippen LogP contribution in [0.25, 0.3) is 0 Å². The molecule has 53 heavy (non-hydrogen) atoms. The Morgan fingerprint density at radius 2 is 1.04 bits per heavy atom. The highest BCUT2D eigenvalue weighted by Gasteiger charge is 2.21. The van der Waals surface area contributed by atoms with Crippen LogP contribution in [0.4, 0.5) is 0 Å². The van der Waals surface area contributed by atoms with E-state index in [2.05, 4.69) is 38.2 Å². The van der Waals surface area contributed by atoms with Crippen LogP contribution in [0.5, 0.6) is 0 Å². The van der Waals surface area contributed by atoms with Gasteiger partial charge in [0.2, 0.25) is 0 Å². The van der Waals surface area contributed by atoms with E-state index in [4.69, 9.17) is 18.5 Å². The summed E-state index contributed by atoms with van der Waals surface area (Å²) in [5, 5.41) is 0. The Morgan fingerprint density at radius 3 is 1.55 bits per heavy atom. The van der Waals surface area contributed by atoms with E-state index in [1.807, 2.05) is 21.1 Å². The first kappa shape index (κ1) is 51.5. The Morgan fingerprint density at radius 1 is 0.585 bits per heavy atom. The largest absolute Gasteiger partial charge is 0.756 e. The van der Waals surface area contributed by atoms with Crippen LogP contribution in [0, 0.1) is 0 Å². The summed E-state index contributed by atoms with van der Waals surface area (Å²) >= 11 is 0. The normalized spacial score (nSPS) is 13.8. The predicted octanol–water partition coefficient (Wildman–Crippen LogP) is 11.3. The maximum Gasteiger partial charge on any atom is 0.306 e. The third-order valence-electron chi connectivity index (χ3n) is 9.22. The molecule has 9 nitrogen and oxygen atoms in total. The van der Waals surface area contributed by atoms with Gasteiger partial charge in [-0.3, -0.25) is 14.2 Å². The number of rotatable bonds is 39. The zero-order valence-electron chi connectivity index (χ0n) is 35.0. The second-order valence-electron chi connectivity index (χ2n) is 15.7. The van der Waals surface area contributed by atoms with Crippen LogP contribution in [0.3, 0.4) is 0 Å². The third kappa shape index (κ3) is 40.0. The summed E-state index contributed by atoms with van der Waals surface area (Å²) in [6.07, 6.45) is 37.8. The number of esters is 2. The lowest BCUT2D eigenvalue weighted by molar-refractivity contribution is -0.870. The minimum atomic E-state index is -4.63. The molecule has 10 heteroatoms. The lowest BCUT2D eigenvalue weighted by atomic mass is 10.0. The molecule has 312 valence electrons. The van der Waals surface area contributed by atoms with Crippen molar-refractivity contribution in [3.63, 3.8) is 0 Å². The summed E-state index contributed by atoms with van der Waals surface area (Å²) in [6, 6.07) is 0. The Labute approximate surface area is 326 Å². The van der Waals surface area contributed by atoms with Gasteiger partial charge in [-0.25, -0.2) is 0 Å². The Hall–Kier alpha value is -1.51. The van der Waals surface area contributed by atoms with Crippen LogP contribution in [-0.4, -0.2) is 70.0 Å². The summed E-state index contributed by atoms with van der Waals surface area (Å²) in [4.78, 5) is 37.4. The van der Waals surface area contributed by atoms with Crippen molar-refractivity contribution in [1.29, 1.82) is 0 Å². The number of carbonyl (C=O) groups is 2. The Balaban J connectivity index is 4.41. The van der Waals surface area contributed by atoms with Crippen LogP contribution in [0.2, 0.25) is 0 Å². The van der Waals surface area contributed by atoms with Gasteiger partial charge in [-0.05, 0) is 38.5 Å². The molecule has 1 unspecified atom stereocenters. The van der Waals surface area contributed by atoms with Crippen molar-refractivity contribution in [2.75, 3.05) is 47.5 Å². The fraction of sp³-hybridized carbons (Fsp3) is 0.860. The maximum absolute atomic E-state index is 12.6. The molecule has 0 bridgehead atoms. The minimum absolute atomic E-state index is 0.0350. The standard InChI is InChI=1S/C43H82NO8P/c1-6-8-10-12-14-16-18-20-21-22-23-24-26-27-29-31-33-35-42(45)49-39-41(40-51-53(47,48)50-38-37-44(3,4)5)52-43(46)36-34-32-30-28-25-19-17-15-13-11-9-7-2/h23-24,27,29,41H,6-22,25-26,28,30-40H2,1-5H3/b24-23+,29-27+/t41-/m0/s1. The molecule has 0 heterocycles. The van der Waals surface area contributed by atoms with E-state index in [-0.39, 0.29) is 26.1 Å². The van der Waals surface area contributed by atoms with Crippen molar-refractivity contribution in [3.05, 3.63) is 24.3 Å². The van der Waals surface area contributed by atoms with Crippen LogP contribution in [0.1, 0.15) is 187 Å². The number of nitrogens with zero attached hydrogens (tertiary/aromatic N) is 1. The first-order chi connectivity index (χ1) is 25.5. The second-order valence-corrected chi connectivity index (χ2v) is 17.1. The topological polar surface area (TPSA) is 111 Å². The molecule has 0 aliphatic carbocycles.